The lowest BCUT2D eigenvalue weighted by atomic mass is 10.2. The Kier molecular flexibility index (Phi) is 4.08. The molecule has 3 aromatic heterocycles. The van der Waals surface area contributed by atoms with Crippen LogP contribution in [0, 0.1) is 6.92 Å². The van der Waals surface area contributed by atoms with E-state index < -0.39 is 0 Å². The summed E-state index contributed by atoms with van der Waals surface area (Å²) < 4.78 is 7.44. The van der Waals surface area contributed by atoms with Crippen molar-refractivity contribution in [2.24, 2.45) is 0 Å². The van der Waals surface area contributed by atoms with Crippen LogP contribution >= 0.6 is 0 Å². The Hall–Kier alpha value is -2.54. The molecule has 24 heavy (non-hydrogen) atoms. The summed E-state index contributed by atoms with van der Waals surface area (Å²) in [7, 11) is 0. The predicted molar refractivity (Wildman–Crippen MR) is 87.9 cm³/mol. The zero-order chi connectivity index (χ0) is 16.4. The van der Waals surface area contributed by atoms with Crippen molar-refractivity contribution in [3.05, 3.63) is 48.2 Å². The van der Waals surface area contributed by atoms with Crippen molar-refractivity contribution in [3.63, 3.8) is 0 Å². The number of nitrogens with zero attached hydrogens (tertiary/aromatic N) is 6. The van der Waals surface area contributed by atoms with E-state index in [9.17, 15) is 0 Å². The first-order valence-electron chi connectivity index (χ1n) is 8.25. The van der Waals surface area contributed by atoms with E-state index in [0.717, 1.165) is 18.8 Å². The molecule has 1 aliphatic rings. The van der Waals surface area contributed by atoms with Gasteiger partial charge in [-0.05, 0) is 44.0 Å². The molecule has 0 spiro atoms. The number of hydrogen-bond donors (Lipinski definition) is 0. The fourth-order valence-corrected chi connectivity index (χ4v) is 3.18. The van der Waals surface area contributed by atoms with Crippen molar-refractivity contribution in [2.45, 2.75) is 38.9 Å². The van der Waals surface area contributed by atoms with Crippen molar-refractivity contribution in [1.82, 2.24) is 29.8 Å². The SMILES string of the molecule is Cc1cnn(C[C@@H]2CCCN2Cc2nc(-c3ccccn3)no2)c1. The molecule has 7 nitrogen and oxygen atoms in total. The molecule has 1 atom stereocenters. The molecular formula is C17H20N6O. The lowest BCUT2D eigenvalue weighted by Gasteiger charge is -2.22. The highest BCUT2D eigenvalue weighted by molar-refractivity contribution is 5.46. The maximum atomic E-state index is 5.42. The van der Waals surface area contributed by atoms with Gasteiger partial charge in [-0.15, -0.1) is 0 Å². The fourth-order valence-electron chi connectivity index (χ4n) is 3.18. The second kappa shape index (κ2) is 6.52. The van der Waals surface area contributed by atoms with E-state index in [0.29, 0.717) is 24.3 Å². The van der Waals surface area contributed by atoms with E-state index in [2.05, 4.69) is 38.2 Å². The minimum Gasteiger partial charge on any atom is -0.337 e. The predicted octanol–water partition coefficient (Wildman–Crippen LogP) is 2.30. The third-order valence-electron chi connectivity index (χ3n) is 4.36. The van der Waals surface area contributed by atoms with Crippen molar-refractivity contribution in [1.29, 1.82) is 0 Å². The topological polar surface area (TPSA) is 72.9 Å². The number of rotatable bonds is 5. The van der Waals surface area contributed by atoms with Crippen LogP contribution in [0.2, 0.25) is 0 Å². The highest BCUT2D eigenvalue weighted by Crippen LogP contribution is 2.22. The zero-order valence-electron chi connectivity index (χ0n) is 13.7. The van der Waals surface area contributed by atoms with Gasteiger partial charge in [-0.3, -0.25) is 14.6 Å². The average Bonchev–Trinajstić information content (AvgIpc) is 3.32. The minimum absolute atomic E-state index is 0.453. The van der Waals surface area contributed by atoms with Crippen LogP contribution in [0.4, 0.5) is 0 Å². The summed E-state index contributed by atoms with van der Waals surface area (Å²) in [5.41, 5.74) is 1.92. The summed E-state index contributed by atoms with van der Waals surface area (Å²) in [5, 5.41) is 8.44. The first-order valence-corrected chi connectivity index (χ1v) is 8.25. The number of aryl methyl sites for hydroxylation is 1. The standard InChI is InChI=1S/C17H20N6O/c1-13-9-19-23(10-13)11-14-5-4-8-22(14)12-16-20-17(21-24-16)15-6-2-3-7-18-15/h2-3,6-7,9-10,14H,4-5,8,11-12H2,1H3/t14-/m0/s1. The Morgan fingerprint density at radius 2 is 2.29 bits per heavy atom. The second-order valence-corrected chi connectivity index (χ2v) is 6.23. The van der Waals surface area contributed by atoms with Crippen molar-refractivity contribution in [3.8, 4) is 11.5 Å². The number of aromatic nitrogens is 5. The summed E-state index contributed by atoms with van der Waals surface area (Å²) in [6.07, 6.45) is 8.07. The van der Waals surface area contributed by atoms with Gasteiger partial charge >= 0.3 is 0 Å². The van der Waals surface area contributed by atoms with Crippen LogP contribution in [0.15, 0.2) is 41.3 Å². The maximum absolute atomic E-state index is 5.42. The molecular weight excluding hydrogens is 304 g/mol. The van der Waals surface area contributed by atoms with E-state index in [-0.39, 0.29) is 0 Å². The Balaban J connectivity index is 1.43. The fraction of sp³-hybridized carbons (Fsp3) is 0.412. The summed E-state index contributed by atoms with van der Waals surface area (Å²) in [6.45, 7) is 4.68. The van der Waals surface area contributed by atoms with Gasteiger partial charge < -0.3 is 4.52 Å². The molecule has 0 bridgehead atoms. The van der Waals surface area contributed by atoms with Gasteiger partial charge in [0.1, 0.15) is 5.69 Å². The van der Waals surface area contributed by atoms with E-state index >= 15 is 0 Å². The van der Waals surface area contributed by atoms with E-state index in [1.807, 2.05) is 29.1 Å². The van der Waals surface area contributed by atoms with Crippen LogP contribution in [-0.2, 0) is 13.1 Å². The number of pyridine rings is 1. The van der Waals surface area contributed by atoms with Gasteiger partial charge in [0.15, 0.2) is 0 Å². The molecule has 4 rings (SSSR count). The molecule has 0 amide bonds. The largest absolute Gasteiger partial charge is 0.337 e. The molecule has 4 heterocycles. The van der Waals surface area contributed by atoms with Crippen LogP contribution in [0.3, 0.4) is 0 Å². The van der Waals surface area contributed by atoms with Crippen molar-refractivity contribution >= 4 is 0 Å². The lowest BCUT2D eigenvalue weighted by molar-refractivity contribution is 0.192. The molecule has 0 N–H and O–H groups in total. The smallest absolute Gasteiger partial charge is 0.241 e. The molecule has 1 fully saturated rings. The first kappa shape index (κ1) is 15.0. The average molecular weight is 324 g/mol. The molecule has 1 aliphatic heterocycles. The van der Waals surface area contributed by atoms with Gasteiger partial charge in [-0.2, -0.15) is 10.1 Å². The third kappa shape index (κ3) is 3.21. The van der Waals surface area contributed by atoms with E-state index in [1.165, 1.54) is 18.4 Å². The van der Waals surface area contributed by atoms with E-state index in [1.54, 1.807) is 6.20 Å². The maximum Gasteiger partial charge on any atom is 0.241 e. The molecule has 0 aliphatic carbocycles. The van der Waals surface area contributed by atoms with Gasteiger partial charge in [0.2, 0.25) is 11.7 Å². The third-order valence-corrected chi connectivity index (χ3v) is 4.36. The monoisotopic (exact) mass is 324 g/mol. The Morgan fingerprint density at radius 3 is 3.08 bits per heavy atom. The molecule has 7 heteroatoms. The quantitative estimate of drug-likeness (QED) is 0.717. The Morgan fingerprint density at radius 1 is 1.33 bits per heavy atom. The van der Waals surface area contributed by atoms with Gasteiger partial charge in [0.25, 0.3) is 0 Å². The molecule has 3 aromatic rings. The van der Waals surface area contributed by atoms with Gasteiger partial charge in [0.05, 0.1) is 19.3 Å². The highest BCUT2D eigenvalue weighted by atomic mass is 16.5. The van der Waals surface area contributed by atoms with E-state index in [4.69, 9.17) is 4.52 Å². The molecule has 124 valence electrons. The first-order chi connectivity index (χ1) is 11.8. The Bertz CT molecular complexity index is 796. The highest BCUT2D eigenvalue weighted by Gasteiger charge is 2.27. The van der Waals surface area contributed by atoms with Crippen LogP contribution < -0.4 is 0 Å². The molecule has 0 radical (unpaired) electrons. The summed E-state index contributed by atoms with van der Waals surface area (Å²) in [5.74, 6) is 1.18. The molecule has 0 saturated carbocycles. The van der Waals surface area contributed by atoms with Crippen LogP contribution in [-0.4, -0.2) is 42.4 Å². The van der Waals surface area contributed by atoms with Crippen molar-refractivity contribution < 1.29 is 4.52 Å². The number of likely N-dealkylation sites (tertiary alicyclic amines) is 1. The normalized spacial score (nSPS) is 18.3. The Labute approximate surface area is 140 Å². The van der Waals surface area contributed by atoms with Crippen molar-refractivity contribution in [2.75, 3.05) is 6.54 Å². The molecule has 1 saturated heterocycles. The number of hydrogen-bond acceptors (Lipinski definition) is 6. The summed E-state index contributed by atoms with van der Waals surface area (Å²) in [4.78, 5) is 11.1. The minimum atomic E-state index is 0.453. The zero-order valence-corrected chi connectivity index (χ0v) is 13.7. The van der Waals surface area contributed by atoms with Crippen LogP contribution in [0.1, 0.15) is 24.3 Å². The lowest BCUT2D eigenvalue weighted by Crippen LogP contribution is -2.32. The van der Waals surface area contributed by atoms with Gasteiger partial charge in [-0.25, -0.2) is 0 Å². The van der Waals surface area contributed by atoms with Gasteiger partial charge in [0, 0.05) is 18.4 Å². The van der Waals surface area contributed by atoms with Gasteiger partial charge in [-0.1, -0.05) is 11.2 Å². The summed E-state index contributed by atoms with van der Waals surface area (Å²) >= 11 is 0. The van der Waals surface area contributed by atoms with Crippen LogP contribution in [0.25, 0.3) is 11.5 Å². The second-order valence-electron chi connectivity index (χ2n) is 6.23. The summed E-state index contributed by atoms with van der Waals surface area (Å²) in [6, 6.07) is 6.12. The molecule has 0 aromatic carbocycles. The van der Waals surface area contributed by atoms with Crippen LogP contribution in [0.5, 0.6) is 0 Å². The molecule has 0 unspecified atom stereocenters.